The first-order valence-corrected chi connectivity index (χ1v) is 6.73. The van der Waals surface area contributed by atoms with Crippen LogP contribution >= 0.6 is 24.8 Å². The first-order chi connectivity index (χ1) is 9.27. The quantitative estimate of drug-likeness (QED) is 0.864. The molecule has 1 aliphatic rings. The summed E-state index contributed by atoms with van der Waals surface area (Å²) in [5, 5.41) is 13.5. The van der Waals surface area contributed by atoms with Gasteiger partial charge in [0.15, 0.2) is 11.5 Å². The standard InChI is InChI=1S/C14H21FN2O2.2ClH/c1-2-19-13-5-3-4-11(14(13)18)12(10-15)17-8-6-16-7-9-17;;/h3-5,12,16,18H,2,6-10H2,1H3;2*1H/t12-;;/m0../s1. The fourth-order valence-electron chi connectivity index (χ4n) is 2.45. The van der Waals surface area contributed by atoms with Gasteiger partial charge in [0, 0.05) is 31.7 Å². The molecule has 2 rings (SSSR count). The Labute approximate surface area is 137 Å². The van der Waals surface area contributed by atoms with Gasteiger partial charge in [-0.3, -0.25) is 4.90 Å². The van der Waals surface area contributed by atoms with Gasteiger partial charge in [0.05, 0.1) is 12.6 Å². The lowest BCUT2D eigenvalue weighted by molar-refractivity contribution is 0.144. The van der Waals surface area contributed by atoms with Gasteiger partial charge >= 0.3 is 0 Å². The molecule has 1 atom stereocenters. The lowest BCUT2D eigenvalue weighted by Crippen LogP contribution is -2.45. The van der Waals surface area contributed by atoms with E-state index >= 15 is 0 Å². The predicted molar refractivity (Wildman–Crippen MR) is 86.9 cm³/mol. The summed E-state index contributed by atoms with van der Waals surface area (Å²) in [4.78, 5) is 2.06. The number of piperazine rings is 1. The molecule has 0 unspecified atom stereocenters. The van der Waals surface area contributed by atoms with Crippen LogP contribution < -0.4 is 10.1 Å². The van der Waals surface area contributed by atoms with E-state index in [9.17, 15) is 9.50 Å². The Morgan fingerprint density at radius 3 is 2.57 bits per heavy atom. The first kappa shape index (κ1) is 20.2. The molecule has 1 saturated heterocycles. The van der Waals surface area contributed by atoms with Crippen molar-refractivity contribution >= 4 is 24.8 Å². The number of hydrogen-bond donors (Lipinski definition) is 2. The third-order valence-corrected chi connectivity index (χ3v) is 3.43. The van der Waals surface area contributed by atoms with Gasteiger partial charge in [-0.25, -0.2) is 4.39 Å². The fraction of sp³-hybridized carbons (Fsp3) is 0.571. The molecule has 21 heavy (non-hydrogen) atoms. The summed E-state index contributed by atoms with van der Waals surface area (Å²) in [6.07, 6.45) is 0. The molecule has 1 fully saturated rings. The number of ether oxygens (including phenoxy) is 1. The van der Waals surface area contributed by atoms with E-state index in [2.05, 4.69) is 10.2 Å². The maximum Gasteiger partial charge on any atom is 0.162 e. The van der Waals surface area contributed by atoms with Gasteiger partial charge < -0.3 is 15.2 Å². The van der Waals surface area contributed by atoms with Crippen molar-refractivity contribution in [2.24, 2.45) is 0 Å². The Morgan fingerprint density at radius 1 is 1.33 bits per heavy atom. The molecule has 0 aliphatic carbocycles. The topological polar surface area (TPSA) is 44.7 Å². The molecule has 0 aromatic heterocycles. The van der Waals surface area contributed by atoms with E-state index < -0.39 is 12.7 Å². The number of rotatable bonds is 5. The smallest absolute Gasteiger partial charge is 0.162 e. The third kappa shape index (κ3) is 4.88. The van der Waals surface area contributed by atoms with Crippen LogP contribution in [0.1, 0.15) is 18.5 Å². The summed E-state index contributed by atoms with van der Waals surface area (Å²) in [6.45, 7) is 5.09. The number of aromatic hydroxyl groups is 1. The number of alkyl halides is 1. The molecule has 0 saturated carbocycles. The number of nitrogens with one attached hydrogen (secondary N) is 1. The summed E-state index contributed by atoms with van der Waals surface area (Å²) in [5.41, 5.74) is 0.607. The minimum Gasteiger partial charge on any atom is -0.504 e. The van der Waals surface area contributed by atoms with Crippen molar-refractivity contribution in [2.45, 2.75) is 13.0 Å². The Hall–Kier alpha value is -0.750. The van der Waals surface area contributed by atoms with Crippen molar-refractivity contribution in [3.63, 3.8) is 0 Å². The van der Waals surface area contributed by atoms with E-state index in [1.165, 1.54) is 0 Å². The Morgan fingerprint density at radius 2 is 2.00 bits per heavy atom. The van der Waals surface area contributed by atoms with Gasteiger partial charge in [0.1, 0.15) is 6.67 Å². The second kappa shape index (κ2) is 10.1. The molecule has 0 radical (unpaired) electrons. The largest absolute Gasteiger partial charge is 0.504 e. The van der Waals surface area contributed by atoms with Gasteiger partial charge in [-0.1, -0.05) is 12.1 Å². The average Bonchev–Trinajstić information content (AvgIpc) is 2.45. The molecule has 122 valence electrons. The maximum atomic E-state index is 13.4. The number of phenolic OH excluding ortho intramolecular Hbond substituents is 1. The highest BCUT2D eigenvalue weighted by Crippen LogP contribution is 2.36. The molecule has 7 heteroatoms. The highest BCUT2D eigenvalue weighted by atomic mass is 35.5. The summed E-state index contributed by atoms with van der Waals surface area (Å²) in [7, 11) is 0. The van der Waals surface area contributed by atoms with Crippen LogP contribution in [0.25, 0.3) is 0 Å². The number of nitrogens with zero attached hydrogens (tertiary/aromatic N) is 1. The monoisotopic (exact) mass is 340 g/mol. The molecule has 0 spiro atoms. The van der Waals surface area contributed by atoms with Crippen LogP contribution in [0.4, 0.5) is 4.39 Å². The summed E-state index contributed by atoms with van der Waals surface area (Å²) >= 11 is 0. The molecule has 1 aliphatic heterocycles. The normalized spacial score (nSPS) is 16.5. The zero-order valence-corrected chi connectivity index (χ0v) is 13.7. The van der Waals surface area contributed by atoms with Gasteiger partial charge in [-0.15, -0.1) is 24.8 Å². The van der Waals surface area contributed by atoms with E-state index in [-0.39, 0.29) is 30.6 Å². The Kier molecular flexibility index (Phi) is 9.70. The van der Waals surface area contributed by atoms with Gasteiger partial charge in [-0.2, -0.15) is 0 Å². The van der Waals surface area contributed by atoms with Crippen molar-refractivity contribution in [1.82, 2.24) is 10.2 Å². The number of benzene rings is 1. The van der Waals surface area contributed by atoms with Crippen LogP contribution in [0, 0.1) is 0 Å². The predicted octanol–water partition coefficient (Wildman–Crippen LogP) is 2.55. The fourth-order valence-corrected chi connectivity index (χ4v) is 2.45. The molecule has 2 N–H and O–H groups in total. The van der Waals surface area contributed by atoms with Crippen molar-refractivity contribution in [1.29, 1.82) is 0 Å². The molecule has 4 nitrogen and oxygen atoms in total. The Balaban J connectivity index is 0.00000200. The van der Waals surface area contributed by atoms with Crippen LogP contribution in [-0.4, -0.2) is 49.5 Å². The minimum absolute atomic E-state index is 0. The summed E-state index contributed by atoms with van der Waals surface area (Å²) < 4.78 is 18.8. The van der Waals surface area contributed by atoms with Crippen LogP contribution in [0.15, 0.2) is 18.2 Å². The molecule has 1 aromatic carbocycles. The second-order valence-electron chi connectivity index (χ2n) is 4.58. The summed E-state index contributed by atoms with van der Waals surface area (Å²) in [5.74, 6) is 0.485. The van der Waals surface area contributed by atoms with Crippen LogP contribution in [0.5, 0.6) is 11.5 Å². The van der Waals surface area contributed by atoms with Crippen molar-refractivity contribution in [2.75, 3.05) is 39.5 Å². The molecule has 0 bridgehead atoms. The zero-order valence-electron chi connectivity index (χ0n) is 12.0. The van der Waals surface area contributed by atoms with Gasteiger partial charge in [0.2, 0.25) is 0 Å². The lowest BCUT2D eigenvalue weighted by atomic mass is 10.0. The van der Waals surface area contributed by atoms with E-state index in [0.29, 0.717) is 17.9 Å². The van der Waals surface area contributed by atoms with Crippen molar-refractivity contribution in [3.8, 4) is 11.5 Å². The van der Waals surface area contributed by atoms with Crippen LogP contribution in [0.3, 0.4) is 0 Å². The van der Waals surface area contributed by atoms with Gasteiger partial charge in [0.25, 0.3) is 0 Å². The van der Waals surface area contributed by atoms with Crippen molar-refractivity contribution < 1.29 is 14.2 Å². The molecular weight excluding hydrogens is 318 g/mol. The SMILES string of the molecule is CCOc1cccc([C@H](CF)N2CCNCC2)c1O.Cl.Cl. The minimum atomic E-state index is -0.511. The molecular formula is C14H23Cl2FN2O2. The van der Waals surface area contributed by atoms with Crippen LogP contribution in [-0.2, 0) is 0 Å². The molecule has 1 heterocycles. The summed E-state index contributed by atoms with van der Waals surface area (Å²) in [6, 6.07) is 4.87. The lowest BCUT2D eigenvalue weighted by Gasteiger charge is -2.34. The van der Waals surface area contributed by atoms with E-state index in [1.807, 2.05) is 6.92 Å². The van der Waals surface area contributed by atoms with E-state index in [4.69, 9.17) is 4.74 Å². The number of para-hydroxylation sites is 1. The van der Waals surface area contributed by atoms with Crippen LogP contribution in [0.2, 0.25) is 0 Å². The van der Waals surface area contributed by atoms with Gasteiger partial charge in [-0.05, 0) is 13.0 Å². The molecule has 1 aromatic rings. The maximum absolute atomic E-state index is 13.4. The van der Waals surface area contributed by atoms with Crippen molar-refractivity contribution in [3.05, 3.63) is 23.8 Å². The first-order valence-electron chi connectivity index (χ1n) is 6.73. The highest BCUT2D eigenvalue weighted by molar-refractivity contribution is 5.85. The zero-order chi connectivity index (χ0) is 13.7. The number of phenols is 1. The average molecular weight is 341 g/mol. The number of halogens is 3. The number of hydrogen-bond acceptors (Lipinski definition) is 4. The van der Waals surface area contributed by atoms with E-state index in [0.717, 1.165) is 26.2 Å². The highest BCUT2D eigenvalue weighted by Gasteiger charge is 2.25. The van der Waals surface area contributed by atoms with E-state index in [1.54, 1.807) is 18.2 Å². The molecule has 0 amide bonds. The third-order valence-electron chi connectivity index (χ3n) is 3.43. The second-order valence-corrected chi connectivity index (χ2v) is 4.58. The Bertz CT molecular complexity index is 418.